The van der Waals surface area contributed by atoms with Crippen molar-refractivity contribution in [1.29, 1.82) is 5.41 Å². The molecule has 0 radical (unpaired) electrons. The molecular weight excluding hydrogens is 241 g/mol. The van der Waals surface area contributed by atoms with E-state index in [1.807, 2.05) is 6.07 Å². The van der Waals surface area contributed by atoms with Gasteiger partial charge in [-0.25, -0.2) is 4.39 Å². The molecule has 0 saturated carbocycles. The van der Waals surface area contributed by atoms with Crippen molar-refractivity contribution in [2.24, 2.45) is 11.1 Å². The molecule has 2 rings (SSSR count). The molecule has 104 valence electrons. The van der Waals surface area contributed by atoms with Crippen LogP contribution in [0.1, 0.15) is 38.7 Å². The number of amidine groups is 1. The normalized spacial score (nSPS) is 19.0. The van der Waals surface area contributed by atoms with E-state index in [0.29, 0.717) is 5.41 Å². The zero-order chi connectivity index (χ0) is 14.0. The van der Waals surface area contributed by atoms with E-state index in [9.17, 15) is 4.39 Å². The lowest BCUT2D eigenvalue weighted by Gasteiger charge is -2.26. The first-order chi connectivity index (χ1) is 8.91. The summed E-state index contributed by atoms with van der Waals surface area (Å²) < 4.78 is 13.9. The second-order valence-corrected chi connectivity index (χ2v) is 6.05. The fourth-order valence-corrected chi connectivity index (χ4v) is 2.71. The van der Waals surface area contributed by atoms with Crippen LogP contribution < -0.4 is 10.6 Å². The third-order valence-corrected chi connectivity index (χ3v) is 3.94. The average Bonchev–Trinajstić information content (AvgIpc) is 2.49. The average molecular weight is 263 g/mol. The van der Waals surface area contributed by atoms with E-state index in [4.69, 9.17) is 11.1 Å². The Bertz CT molecular complexity index is 482. The monoisotopic (exact) mass is 263 g/mol. The smallest absolute Gasteiger partial charge is 0.136 e. The highest BCUT2D eigenvalue weighted by Crippen LogP contribution is 2.33. The van der Waals surface area contributed by atoms with E-state index in [-0.39, 0.29) is 11.4 Å². The molecule has 1 heterocycles. The molecule has 4 heteroatoms. The van der Waals surface area contributed by atoms with E-state index in [0.717, 1.165) is 31.6 Å². The first kappa shape index (κ1) is 13.8. The Kier molecular flexibility index (Phi) is 3.78. The van der Waals surface area contributed by atoms with Gasteiger partial charge in [0.25, 0.3) is 0 Å². The Balaban J connectivity index is 2.32. The summed E-state index contributed by atoms with van der Waals surface area (Å²) in [7, 11) is 0. The maximum absolute atomic E-state index is 13.9. The van der Waals surface area contributed by atoms with Crippen LogP contribution in [0.2, 0.25) is 0 Å². The summed E-state index contributed by atoms with van der Waals surface area (Å²) in [6, 6.07) is 4.91. The van der Waals surface area contributed by atoms with Crippen molar-refractivity contribution in [2.45, 2.75) is 33.1 Å². The number of hydrogen-bond donors (Lipinski definition) is 2. The van der Waals surface area contributed by atoms with Crippen LogP contribution in [0, 0.1) is 16.6 Å². The van der Waals surface area contributed by atoms with E-state index >= 15 is 0 Å². The minimum atomic E-state index is -0.409. The van der Waals surface area contributed by atoms with Gasteiger partial charge in [0.05, 0.1) is 11.3 Å². The Labute approximate surface area is 114 Å². The van der Waals surface area contributed by atoms with Crippen LogP contribution in [-0.2, 0) is 0 Å². The summed E-state index contributed by atoms with van der Waals surface area (Å²) in [5, 5.41) is 7.58. The third kappa shape index (κ3) is 3.06. The third-order valence-electron chi connectivity index (χ3n) is 3.94. The number of nitrogen functional groups attached to an aromatic ring is 1. The van der Waals surface area contributed by atoms with Crippen LogP contribution in [-0.4, -0.2) is 18.9 Å². The van der Waals surface area contributed by atoms with E-state index in [1.54, 1.807) is 6.07 Å². The first-order valence-electron chi connectivity index (χ1n) is 6.78. The van der Waals surface area contributed by atoms with Crippen LogP contribution in [0.15, 0.2) is 18.2 Å². The van der Waals surface area contributed by atoms with Gasteiger partial charge in [-0.3, -0.25) is 5.41 Å². The fraction of sp³-hybridized carbons (Fsp3) is 0.533. The number of nitrogens with two attached hydrogens (primary N) is 1. The van der Waals surface area contributed by atoms with Gasteiger partial charge in [-0.15, -0.1) is 0 Å². The fourth-order valence-electron chi connectivity index (χ4n) is 2.71. The standard InChI is InChI=1S/C15H22FN3/c1-15(2)7-4-9-19(10-8-15)12-6-3-5-11(16)13(12)14(17)18/h3,5-6H,4,7-10H2,1-2H3,(H3,17,18). The summed E-state index contributed by atoms with van der Waals surface area (Å²) in [6.45, 7) is 6.33. The van der Waals surface area contributed by atoms with Crippen LogP contribution in [0.5, 0.6) is 0 Å². The zero-order valence-corrected chi connectivity index (χ0v) is 11.7. The van der Waals surface area contributed by atoms with E-state index in [2.05, 4.69) is 18.7 Å². The molecule has 3 nitrogen and oxygen atoms in total. The molecule has 0 amide bonds. The second kappa shape index (κ2) is 5.19. The molecule has 0 atom stereocenters. The van der Waals surface area contributed by atoms with E-state index < -0.39 is 5.82 Å². The van der Waals surface area contributed by atoms with Gasteiger partial charge in [0, 0.05) is 13.1 Å². The van der Waals surface area contributed by atoms with Gasteiger partial charge in [0.15, 0.2) is 0 Å². The largest absolute Gasteiger partial charge is 0.384 e. The van der Waals surface area contributed by atoms with Crippen LogP contribution in [0.4, 0.5) is 10.1 Å². The molecular formula is C15H22FN3. The Morgan fingerprint density at radius 3 is 2.74 bits per heavy atom. The van der Waals surface area contributed by atoms with Gasteiger partial charge in [0.1, 0.15) is 11.7 Å². The van der Waals surface area contributed by atoms with E-state index in [1.165, 1.54) is 12.5 Å². The molecule has 1 aromatic carbocycles. The van der Waals surface area contributed by atoms with Gasteiger partial charge >= 0.3 is 0 Å². The molecule has 3 N–H and O–H groups in total. The minimum Gasteiger partial charge on any atom is -0.384 e. The van der Waals surface area contributed by atoms with Crippen LogP contribution in [0.3, 0.4) is 0 Å². The predicted octanol–water partition coefficient (Wildman–Crippen LogP) is 3.13. The van der Waals surface area contributed by atoms with Crippen molar-refractivity contribution in [3.05, 3.63) is 29.6 Å². The predicted molar refractivity (Wildman–Crippen MR) is 77.3 cm³/mol. The lowest BCUT2D eigenvalue weighted by molar-refractivity contribution is 0.325. The van der Waals surface area contributed by atoms with Crippen LogP contribution in [0.25, 0.3) is 0 Å². The summed E-state index contributed by atoms with van der Waals surface area (Å²) in [6.07, 6.45) is 3.33. The molecule has 1 aliphatic rings. The van der Waals surface area contributed by atoms with Crippen molar-refractivity contribution in [2.75, 3.05) is 18.0 Å². The maximum atomic E-state index is 13.9. The van der Waals surface area contributed by atoms with Crippen LogP contribution >= 0.6 is 0 Å². The molecule has 0 unspecified atom stereocenters. The van der Waals surface area contributed by atoms with Crippen molar-refractivity contribution in [1.82, 2.24) is 0 Å². The molecule has 0 bridgehead atoms. The Hall–Kier alpha value is -1.58. The second-order valence-electron chi connectivity index (χ2n) is 6.05. The highest BCUT2D eigenvalue weighted by atomic mass is 19.1. The Morgan fingerprint density at radius 2 is 2.05 bits per heavy atom. The summed E-state index contributed by atoms with van der Waals surface area (Å²) in [5.74, 6) is -0.606. The highest BCUT2D eigenvalue weighted by molar-refractivity contribution is 6.00. The number of nitrogens with one attached hydrogen (secondary N) is 1. The van der Waals surface area contributed by atoms with Crippen molar-refractivity contribution >= 4 is 11.5 Å². The molecule has 0 aromatic heterocycles. The summed E-state index contributed by atoms with van der Waals surface area (Å²) in [5.41, 5.74) is 6.86. The number of benzene rings is 1. The summed E-state index contributed by atoms with van der Waals surface area (Å²) in [4.78, 5) is 2.16. The van der Waals surface area contributed by atoms with Gasteiger partial charge < -0.3 is 10.6 Å². The molecule has 1 aromatic rings. The van der Waals surface area contributed by atoms with Gasteiger partial charge in [-0.2, -0.15) is 0 Å². The lowest BCUT2D eigenvalue weighted by Crippen LogP contribution is -2.28. The maximum Gasteiger partial charge on any atom is 0.136 e. The molecule has 1 saturated heterocycles. The number of nitrogens with zero attached hydrogens (tertiary/aromatic N) is 1. The quantitative estimate of drug-likeness (QED) is 0.636. The zero-order valence-electron chi connectivity index (χ0n) is 11.7. The lowest BCUT2D eigenvalue weighted by atomic mass is 9.85. The number of halogens is 1. The first-order valence-corrected chi connectivity index (χ1v) is 6.78. The molecule has 1 fully saturated rings. The molecule has 0 spiro atoms. The highest BCUT2D eigenvalue weighted by Gasteiger charge is 2.25. The molecule has 1 aliphatic heterocycles. The number of rotatable bonds is 2. The minimum absolute atomic E-state index is 0.198. The van der Waals surface area contributed by atoms with Crippen molar-refractivity contribution < 1.29 is 4.39 Å². The van der Waals surface area contributed by atoms with Gasteiger partial charge in [0.2, 0.25) is 0 Å². The van der Waals surface area contributed by atoms with Crippen molar-refractivity contribution in [3.63, 3.8) is 0 Å². The van der Waals surface area contributed by atoms with Gasteiger partial charge in [-0.1, -0.05) is 19.9 Å². The topological polar surface area (TPSA) is 53.1 Å². The SMILES string of the molecule is CC1(C)CCCN(c2cccc(F)c2C(=N)N)CC1. The Morgan fingerprint density at radius 1 is 1.32 bits per heavy atom. The van der Waals surface area contributed by atoms with Gasteiger partial charge in [-0.05, 0) is 36.8 Å². The van der Waals surface area contributed by atoms with Crippen molar-refractivity contribution in [3.8, 4) is 0 Å². The summed E-state index contributed by atoms with van der Waals surface area (Å²) >= 11 is 0. The molecule has 19 heavy (non-hydrogen) atoms. The number of anilines is 1. The molecule has 0 aliphatic carbocycles. The number of hydrogen-bond acceptors (Lipinski definition) is 2.